The monoisotopic (exact) mass is 168 g/mol. The first kappa shape index (κ1) is 7.58. The second-order valence-corrected chi connectivity index (χ2v) is 3.62. The lowest BCUT2D eigenvalue weighted by Gasteiger charge is -2.45. The van der Waals surface area contributed by atoms with Crippen LogP contribution < -0.4 is 10.6 Å². The van der Waals surface area contributed by atoms with Crippen LogP contribution in [0.2, 0.25) is 0 Å². The van der Waals surface area contributed by atoms with Gasteiger partial charge in [0.15, 0.2) is 0 Å². The summed E-state index contributed by atoms with van der Waals surface area (Å²) >= 11 is 0. The Bertz CT molecular complexity index is 245. The molecule has 1 atom stereocenters. The Balaban J connectivity index is 2.17. The number of amides is 2. The average Bonchev–Trinajstić information content (AvgIpc) is 1.93. The molecule has 0 aromatic rings. The number of piperazine rings is 1. The van der Waals surface area contributed by atoms with E-state index in [0.717, 1.165) is 19.3 Å². The highest BCUT2D eigenvalue weighted by atomic mass is 16.2. The van der Waals surface area contributed by atoms with Gasteiger partial charge in [0, 0.05) is 0 Å². The predicted octanol–water partition coefficient (Wildman–Crippen LogP) is -0.456. The second-order valence-electron chi connectivity index (χ2n) is 3.62. The number of carbonyl (C=O) groups is 2. The van der Waals surface area contributed by atoms with E-state index < -0.39 is 5.54 Å². The van der Waals surface area contributed by atoms with E-state index in [-0.39, 0.29) is 17.9 Å². The van der Waals surface area contributed by atoms with Crippen LogP contribution in [0.3, 0.4) is 0 Å². The van der Waals surface area contributed by atoms with Crippen molar-refractivity contribution >= 4 is 11.8 Å². The molecule has 0 bridgehead atoms. The maximum Gasteiger partial charge on any atom is 0.246 e. The molecule has 2 N–H and O–H groups in total. The van der Waals surface area contributed by atoms with Gasteiger partial charge in [-0.15, -0.1) is 0 Å². The fraction of sp³-hybridized carbons (Fsp3) is 0.750. The summed E-state index contributed by atoms with van der Waals surface area (Å²) in [5.41, 5.74) is -0.538. The van der Waals surface area contributed by atoms with E-state index in [2.05, 4.69) is 10.6 Å². The van der Waals surface area contributed by atoms with Gasteiger partial charge in [0.2, 0.25) is 11.8 Å². The third-order valence-corrected chi connectivity index (χ3v) is 2.75. The van der Waals surface area contributed by atoms with E-state index in [1.165, 1.54) is 0 Å². The van der Waals surface area contributed by atoms with Crippen molar-refractivity contribution in [3.8, 4) is 0 Å². The molecule has 0 radical (unpaired) electrons. The Hall–Kier alpha value is -1.06. The van der Waals surface area contributed by atoms with Gasteiger partial charge in [-0.25, -0.2) is 0 Å². The van der Waals surface area contributed by atoms with E-state index in [9.17, 15) is 9.59 Å². The first-order valence-electron chi connectivity index (χ1n) is 4.27. The van der Waals surface area contributed by atoms with Gasteiger partial charge in [0.05, 0.1) is 0 Å². The number of hydrogen-bond acceptors (Lipinski definition) is 2. The van der Waals surface area contributed by atoms with Crippen molar-refractivity contribution in [2.75, 3.05) is 0 Å². The van der Waals surface area contributed by atoms with E-state index in [1.54, 1.807) is 6.92 Å². The van der Waals surface area contributed by atoms with Crippen molar-refractivity contribution in [1.29, 1.82) is 0 Å². The summed E-state index contributed by atoms with van der Waals surface area (Å²) in [5, 5.41) is 5.45. The van der Waals surface area contributed by atoms with Crippen LogP contribution in [0.15, 0.2) is 0 Å². The van der Waals surface area contributed by atoms with E-state index in [4.69, 9.17) is 0 Å². The lowest BCUT2D eigenvalue weighted by molar-refractivity contribution is -0.144. The van der Waals surface area contributed by atoms with Gasteiger partial charge in [0.1, 0.15) is 11.6 Å². The highest BCUT2D eigenvalue weighted by Crippen LogP contribution is 2.33. The Kier molecular flexibility index (Phi) is 1.40. The topological polar surface area (TPSA) is 58.2 Å². The Morgan fingerprint density at radius 1 is 1.42 bits per heavy atom. The highest BCUT2D eigenvalue weighted by Gasteiger charge is 2.49. The minimum absolute atomic E-state index is 0.0131. The molecule has 1 saturated heterocycles. The van der Waals surface area contributed by atoms with Gasteiger partial charge < -0.3 is 10.6 Å². The Morgan fingerprint density at radius 3 is 2.58 bits per heavy atom. The van der Waals surface area contributed by atoms with E-state index in [0.29, 0.717) is 0 Å². The number of carbonyl (C=O) groups excluding carboxylic acids is 2. The summed E-state index contributed by atoms with van der Waals surface area (Å²) in [4.78, 5) is 22.7. The highest BCUT2D eigenvalue weighted by molar-refractivity contribution is 6.00. The van der Waals surface area contributed by atoms with Crippen molar-refractivity contribution in [3.63, 3.8) is 0 Å². The van der Waals surface area contributed by atoms with Gasteiger partial charge in [-0.1, -0.05) is 0 Å². The zero-order valence-electron chi connectivity index (χ0n) is 7.02. The molecule has 4 heteroatoms. The maximum absolute atomic E-state index is 11.4. The third-order valence-electron chi connectivity index (χ3n) is 2.75. The minimum Gasteiger partial charge on any atom is -0.343 e. The Morgan fingerprint density at radius 2 is 2.08 bits per heavy atom. The van der Waals surface area contributed by atoms with Crippen molar-refractivity contribution in [2.45, 2.75) is 37.8 Å². The van der Waals surface area contributed by atoms with Crippen LogP contribution in [0, 0.1) is 0 Å². The molecule has 2 amide bonds. The molecule has 0 unspecified atom stereocenters. The zero-order valence-corrected chi connectivity index (χ0v) is 7.02. The summed E-state index contributed by atoms with van der Waals surface area (Å²) < 4.78 is 0. The van der Waals surface area contributed by atoms with Crippen LogP contribution in [-0.2, 0) is 9.59 Å². The summed E-state index contributed by atoms with van der Waals surface area (Å²) in [7, 11) is 0. The molecule has 1 aliphatic carbocycles. The van der Waals surface area contributed by atoms with E-state index in [1.807, 2.05) is 0 Å². The van der Waals surface area contributed by atoms with Gasteiger partial charge in [-0.05, 0) is 26.2 Å². The number of hydrogen-bond donors (Lipinski definition) is 2. The van der Waals surface area contributed by atoms with Crippen LogP contribution in [-0.4, -0.2) is 23.4 Å². The largest absolute Gasteiger partial charge is 0.343 e. The lowest BCUT2D eigenvalue weighted by Crippen LogP contribution is -2.71. The molecule has 1 spiro atoms. The van der Waals surface area contributed by atoms with Crippen LogP contribution in [0.4, 0.5) is 0 Å². The quantitative estimate of drug-likeness (QED) is 0.514. The molecule has 2 aliphatic rings. The van der Waals surface area contributed by atoms with Crippen LogP contribution in [0.25, 0.3) is 0 Å². The molecule has 1 aliphatic heterocycles. The molecule has 2 rings (SSSR count). The molecule has 4 nitrogen and oxygen atoms in total. The van der Waals surface area contributed by atoms with E-state index >= 15 is 0 Å². The fourth-order valence-corrected chi connectivity index (χ4v) is 1.68. The Labute approximate surface area is 70.7 Å². The van der Waals surface area contributed by atoms with Crippen LogP contribution >= 0.6 is 0 Å². The first-order chi connectivity index (χ1) is 5.64. The molecule has 0 aromatic heterocycles. The second kappa shape index (κ2) is 2.21. The lowest BCUT2D eigenvalue weighted by atomic mass is 9.74. The minimum atomic E-state index is -0.538. The van der Waals surface area contributed by atoms with Gasteiger partial charge in [0.25, 0.3) is 0 Å². The summed E-state index contributed by atoms with van der Waals surface area (Å²) in [5.74, 6) is -0.0739. The summed E-state index contributed by atoms with van der Waals surface area (Å²) in [6.07, 6.45) is 2.61. The molecule has 66 valence electrons. The zero-order chi connectivity index (χ0) is 8.77. The van der Waals surface area contributed by atoms with Crippen molar-refractivity contribution in [1.82, 2.24) is 10.6 Å². The number of nitrogens with one attached hydrogen (secondary N) is 2. The van der Waals surface area contributed by atoms with Crippen molar-refractivity contribution in [3.05, 3.63) is 0 Å². The van der Waals surface area contributed by atoms with Crippen molar-refractivity contribution in [2.24, 2.45) is 0 Å². The van der Waals surface area contributed by atoms with Crippen LogP contribution in [0.5, 0.6) is 0 Å². The van der Waals surface area contributed by atoms with Gasteiger partial charge in [-0.2, -0.15) is 0 Å². The smallest absolute Gasteiger partial charge is 0.246 e. The fourth-order valence-electron chi connectivity index (χ4n) is 1.68. The maximum atomic E-state index is 11.4. The SMILES string of the molecule is C[C@@H]1NC(=O)C2(CCC2)NC1=O. The standard InChI is InChI=1S/C8H12N2O2/c1-5-6(11)10-8(3-2-4-8)7(12)9-5/h5H,2-4H2,1H3,(H,9,12)(H,10,11)/t5-/m0/s1. The van der Waals surface area contributed by atoms with Crippen LogP contribution in [0.1, 0.15) is 26.2 Å². The molecular weight excluding hydrogens is 156 g/mol. The van der Waals surface area contributed by atoms with Gasteiger partial charge in [-0.3, -0.25) is 9.59 Å². The molecule has 1 heterocycles. The molecule has 2 fully saturated rings. The third kappa shape index (κ3) is 0.838. The molecular formula is C8H12N2O2. The van der Waals surface area contributed by atoms with Gasteiger partial charge >= 0.3 is 0 Å². The number of rotatable bonds is 0. The predicted molar refractivity (Wildman–Crippen MR) is 42.3 cm³/mol. The average molecular weight is 168 g/mol. The molecule has 1 saturated carbocycles. The van der Waals surface area contributed by atoms with Crippen molar-refractivity contribution < 1.29 is 9.59 Å². The summed E-state index contributed by atoms with van der Waals surface area (Å²) in [6, 6.07) is -0.372. The molecule has 0 aromatic carbocycles. The first-order valence-corrected chi connectivity index (χ1v) is 4.27. The normalized spacial score (nSPS) is 32.2. The summed E-state index contributed by atoms with van der Waals surface area (Å²) in [6.45, 7) is 1.69. The molecule has 12 heavy (non-hydrogen) atoms.